The first-order valence-electron chi connectivity index (χ1n) is 12.9. The molecule has 4 aromatic carbocycles. The molecule has 0 saturated carbocycles. The van der Waals surface area contributed by atoms with Crippen molar-refractivity contribution in [1.82, 2.24) is 0 Å². The number of aryl methyl sites for hydroxylation is 1. The van der Waals surface area contributed by atoms with E-state index in [1.807, 2.05) is 42.6 Å². The summed E-state index contributed by atoms with van der Waals surface area (Å²) in [6.07, 6.45) is 7.66. The number of rotatable bonds is 6. The van der Waals surface area contributed by atoms with E-state index in [0.717, 1.165) is 29.0 Å². The van der Waals surface area contributed by atoms with Crippen molar-refractivity contribution in [1.29, 1.82) is 0 Å². The Kier molecular flexibility index (Phi) is 6.97. The maximum Gasteiger partial charge on any atom is 0.128 e. The molecule has 4 aromatic rings. The zero-order chi connectivity index (χ0) is 26.1. The van der Waals surface area contributed by atoms with Gasteiger partial charge in [-0.05, 0) is 72.9 Å². The molecule has 0 radical (unpaired) electrons. The van der Waals surface area contributed by atoms with Crippen LogP contribution in [-0.2, 0) is 6.61 Å². The lowest BCUT2D eigenvalue weighted by Gasteiger charge is -2.37. The first-order valence-corrected chi connectivity index (χ1v) is 13.6. The van der Waals surface area contributed by atoms with Crippen molar-refractivity contribution >= 4 is 40.8 Å². The molecule has 0 saturated heterocycles. The minimum atomic E-state index is 0.275. The van der Waals surface area contributed by atoms with Crippen LogP contribution >= 0.6 is 23.2 Å². The Morgan fingerprint density at radius 3 is 2.66 bits per heavy atom. The Balaban J connectivity index is 1.17. The molecule has 5 heteroatoms. The third-order valence-corrected chi connectivity index (χ3v) is 8.03. The second kappa shape index (κ2) is 10.7. The van der Waals surface area contributed by atoms with Crippen LogP contribution in [0.15, 0.2) is 102 Å². The average Bonchev–Trinajstić information content (AvgIpc) is 3.42. The highest BCUT2D eigenvalue weighted by Gasteiger charge is 2.37. The summed E-state index contributed by atoms with van der Waals surface area (Å²) in [5.41, 5.74) is 7.95. The van der Waals surface area contributed by atoms with Gasteiger partial charge in [0.2, 0.25) is 0 Å². The first-order chi connectivity index (χ1) is 18.5. The third kappa shape index (κ3) is 5.09. The Hall–Kier alpha value is -3.53. The van der Waals surface area contributed by atoms with Crippen molar-refractivity contribution in [2.24, 2.45) is 10.9 Å². The molecular formula is C33H28Cl2N2O. The number of aliphatic imine (C=N–C) groups is 1. The highest BCUT2D eigenvalue weighted by molar-refractivity contribution is 6.35. The molecule has 1 heterocycles. The fraction of sp³-hybridized carbons (Fsp3) is 0.182. The van der Waals surface area contributed by atoms with Crippen LogP contribution in [-0.4, -0.2) is 6.21 Å². The average molecular weight is 540 g/mol. The molecule has 1 aliphatic heterocycles. The molecule has 0 unspecified atom stereocenters. The van der Waals surface area contributed by atoms with E-state index >= 15 is 0 Å². The van der Waals surface area contributed by atoms with Crippen LogP contribution in [0.4, 0.5) is 11.4 Å². The van der Waals surface area contributed by atoms with Crippen LogP contribution in [0.3, 0.4) is 0 Å². The fourth-order valence-corrected chi connectivity index (χ4v) is 5.93. The molecule has 6 rings (SSSR count). The summed E-state index contributed by atoms with van der Waals surface area (Å²) in [5.74, 6) is 1.74. The number of allylic oxidation sites excluding steroid dienone is 2. The zero-order valence-electron chi connectivity index (χ0n) is 21.1. The summed E-state index contributed by atoms with van der Waals surface area (Å²) in [6, 6.07) is 28.9. The Morgan fingerprint density at radius 2 is 1.82 bits per heavy atom. The molecule has 190 valence electrons. The van der Waals surface area contributed by atoms with E-state index in [4.69, 9.17) is 32.9 Å². The van der Waals surface area contributed by atoms with Crippen LogP contribution < -0.4 is 10.1 Å². The van der Waals surface area contributed by atoms with Gasteiger partial charge in [-0.2, -0.15) is 0 Å². The summed E-state index contributed by atoms with van der Waals surface area (Å²) >= 11 is 12.3. The number of hydrogen-bond acceptors (Lipinski definition) is 3. The van der Waals surface area contributed by atoms with Gasteiger partial charge in [0.05, 0.1) is 11.7 Å². The van der Waals surface area contributed by atoms with Gasteiger partial charge in [-0.3, -0.25) is 4.99 Å². The second-order valence-electron chi connectivity index (χ2n) is 9.98. The molecule has 1 aliphatic carbocycles. The molecule has 38 heavy (non-hydrogen) atoms. The molecule has 3 nitrogen and oxygen atoms in total. The van der Waals surface area contributed by atoms with E-state index < -0.39 is 0 Å². The van der Waals surface area contributed by atoms with Gasteiger partial charge in [-0.25, -0.2) is 0 Å². The van der Waals surface area contributed by atoms with Crippen molar-refractivity contribution in [2.75, 3.05) is 5.32 Å². The molecule has 1 N–H and O–H groups in total. The normalized spacial score (nSPS) is 19.7. The predicted octanol–water partition coefficient (Wildman–Crippen LogP) is 9.46. The lowest BCUT2D eigenvalue weighted by molar-refractivity contribution is 0.306. The third-order valence-electron chi connectivity index (χ3n) is 7.44. The highest BCUT2D eigenvalue weighted by Crippen LogP contribution is 2.50. The minimum Gasteiger partial charge on any atom is -0.488 e. The number of nitrogens with one attached hydrogen (secondary N) is 1. The van der Waals surface area contributed by atoms with Gasteiger partial charge in [0, 0.05) is 39.0 Å². The van der Waals surface area contributed by atoms with E-state index in [1.165, 1.54) is 22.4 Å². The van der Waals surface area contributed by atoms with E-state index in [1.54, 1.807) is 6.07 Å². The van der Waals surface area contributed by atoms with Gasteiger partial charge in [0.25, 0.3) is 0 Å². The second-order valence-corrected chi connectivity index (χ2v) is 10.8. The maximum absolute atomic E-state index is 6.31. The SMILES string of the molecule is Cc1ccc2c(c1)[C@@H]1C=CC[C@H]1[C@@H](c1ccc(N=Cc3ccccc3OCc3ccc(Cl)cc3Cl)cc1)N2. The first kappa shape index (κ1) is 24.8. The summed E-state index contributed by atoms with van der Waals surface area (Å²) in [6.45, 7) is 2.52. The lowest BCUT2D eigenvalue weighted by Crippen LogP contribution is -2.29. The number of anilines is 1. The van der Waals surface area contributed by atoms with E-state index in [0.29, 0.717) is 28.5 Å². The number of para-hydroxylation sites is 1. The molecule has 0 fully saturated rings. The molecule has 0 aromatic heterocycles. The van der Waals surface area contributed by atoms with Gasteiger partial charge in [0.15, 0.2) is 0 Å². The van der Waals surface area contributed by atoms with Gasteiger partial charge in [-0.1, -0.05) is 83.4 Å². The number of halogens is 2. The van der Waals surface area contributed by atoms with E-state index in [2.05, 4.69) is 66.9 Å². The number of nitrogens with zero attached hydrogens (tertiary/aromatic N) is 1. The van der Waals surface area contributed by atoms with Gasteiger partial charge >= 0.3 is 0 Å². The van der Waals surface area contributed by atoms with Crippen LogP contribution in [0.25, 0.3) is 0 Å². The predicted molar refractivity (Wildman–Crippen MR) is 158 cm³/mol. The smallest absolute Gasteiger partial charge is 0.128 e. The van der Waals surface area contributed by atoms with E-state index in [9.17, 15) is 0 Å². The van der Waals surface area contributed by atoms with Crippen molar-refractivity contribution in [2.45, 2.75) is 31.9 Å². The van der Waals surface area contributed by atoms with E-state index in [-0.39, 0.29) is 6.04 Å². The maximum atomic E-state index is 6.31. The van der Waals surface area contributed by atoms with Crippen molar-refractivity contribution in [3.63, 3.8) is 0 Å². The van der Waals surface area contributed by atoms with Crippen molar-refractivity contribution in [3.8, 4) is 5.75 Å². The summed E-state index contributed by atoms with van der Waals surface area (Å²) < 4.78 is 6.07. The Bertz CT molecular complexity index is 1530. The molecule has 0 amide bonds. The fourth-order valence-electron chi connectivity index (χ4n) is 5.47. The molecule has 0 bridgehead atoms. The molecule has 2 aliphatic rings. The zero-order valence-corrected chi connectivity index (χ0v) is 22.6. The van der Waals surface area contributed by atoms with Crippen molar-refractivity contribution in [3.05, 3.63) is 135 Å². The van der Waals surface area contributed by atoms with Crippen LogP contribution in [0.2, 0.25) is 10.0 Å². The molecule has 3 atom stereocenters. The van der Waals surface area contributed by atoms with Gasteiger partial charge in [0.1, 0.15) is 12.4 Å². The molecular weight excluding hydrogens is 511 g/mol. The lowest BCUT2D eigenvalue weighted by atomic mass is 9.76. The summed E-state index contributed by atoms with van der Waals surface area (Å²) in [4.78, 5) is 4.74. The van der Waals surface area contributed by atoms with Crippen molar-refractivity contribution < 1.29 is 4.74 Å². The summed E-state index contributed by atoms with van der Waals surface area (Å²) in [7, 11) is 0. The standard InChI is InChI=1S/C33H28Cl2N2O/c1-21-9-16-31-29(17-21)27-6-4-7-28(27)33(37-31)22-11-14-26(15-12-22)36-19-23-5-2-3-8-32(23)38-20-24-10-13-25(34)18-30(24)35/h2-6,8-19,27-28,33,37H,7,20H2,1H3/t27-,28-,33-/m1/s1. The van der Waals surface area contributed by atoms with Crippen LogP contribution in [0.1, 0.15) is 46.2 Å². The quantitative estimate of drug-likeness (QED) is 0.196. The highest BCUT2D eigenvalue weighted by atomic mass is 35.5. The van der Waals surface area contributed by atoms with Crippen LogP contribution in [0, 0.1) is 12.8 Å². The minimum absolute atomic E-state index is 0.275. The van der Waals surface area contributed by atoms with Gasteiger partial charge < -0.3 is 10.1 Å². The van der Waals surface area contributed by atoms with Gasteiger partial charge in [-0.15, -0.1) is 0 Å². The Labute approximate surface area is 233 Å². The number of hydrogen-bond donors (Lipinski definition) is 1. The number of benzene rings is 4. The number of fused-ring (bicyclic) bond motifs is 3. The monoisotopic (exact) mass is 538 g/mol. The Morgan fingerprint density at radius 1 is 0.974 bits per heavy atom. The number of ether oxygens (including phenoxy) is 1. The summed E-state index contributed by atoms with van der Waals surface area (Å²) in [5, 5.41) is 5.02. The topological polar surface area (TPSA) is 33.6 Å². The van der Waals surface area contributed by atoms with Crippen LogP contribution in [0.5, 0.6) is 5.75 Å². The largest absolute Gasteiger partial charge is 0.488 e. The molecule has 0 spiro atoms.